The molecule has 0 spiro atoms. The average Bonchev–Trinajstić information content (AvgIpc) is 2.95. The standard InChI is InChI=1S/C17H16ClN3OS/c1-21-16(13-5-3-2-4-6-13)19-20-17(21)23-12-11-22-15-9-7-14(18)8-10-15/h2-10H,11-12H2,1H3. The molecule has 3 aromatic rings. The Bertz CT molecular complexity index is 759. The number of benzene rings is 2. The van der Waals surface area contributed by atoms with E-state index in [9.17, 15) is 0 Å². The molecule has 0 aliphatic carbocycles. The van der Waals surface area contributed by atoms with Crippen LogP contribution in [0.2, 0.25) is 5.02 Å². The molecule has 1 aromatic heterocycles. The molecule has 0 radical (unpaired) electrons. The van der Waals surface area contributed by atoms with Gasteiger partial charge in [-0.15, -0.1) is 10.2 Å². The number of aromatic nitrogens is 3. The Balaban J connectivity index is 1.55. The summed E-state index contributed by atoms with van der Waals surface area (Å²) in [7, 11) is 1.98. The third-order valence-electron chi connectivity index (χ3n) is 3.26. The van der Waals surface area contributed by atoms with Crippen LogP contribution in [0.4, 0.5) is 0 Å². The Labute approximate surface area is 144 Å². The van der Waals surface area contributed by atoms with Crippen molar-refractivity contribution in [2.45, 2.75) is 5.16 Å². The van der Waals surface area contributed by atoms with Crippen LogP contribution in [0, 0.1) is 0 Å². The molecule has 0 bridgehead atoms. The summed E-state index contributed by atoms with van der Waals surface area (Å²) < 4.78 is 7.68. The lowest BCUT2D eigenvalue weighted by atomic mass is 10.2. The van der Waals surface area contributed by atoms with E-state index >= 15 is 0 Å². The number of hydrogen-bond acceptors (Lipinski definition) is 4. The van der Waals surface area contributed by atoms with Crippen LogP contribution in [0.15, 0.2) is 59.8 Å². The van der Waals surface area contributed by atoms with Gasteiger partial charge in [-0.1, -0.05) is 53.7 Å². The predicted octanol–water partition coefficient (Wildman–Crippen LogP) is 4.31. The van der Waals surface area contributed by atoms with Crippen LogP contribution in [0.25, 0.3) is 11.4 Å². The topological polar surface area (TPSA) is 39.9 Å². The fourth-order valence-corrected chi connectivity index (χ4v) is 2.96. The van der Waals surface area contributed by atoms with Crippen molar-refractivity contribution in [2.24, 2.45) is 7.05 Å². The van der Waals surface area contributed by atoms with Crippen LogP contribution in [-0.2, 0) is 7.05 Å². The normalized spacial score (nSPS) is 10.7. The van der Waals surface area contributed by atoms with Gasteiger partial charge < -0.3 is 9.30 Å². The van der Waals surface area contributed by atoms with Crippen LogP contribution >= 0.6 is 23.4 Å². The first-order valence-electron chi connectivity index (χ1n) is 7.20. The van der Waals surface area contributed by atoms with Crippen molar-refractivity contribution in [1.82, 2.24) is 14.8 Å². The molecule has 0 unspecified atom stereocenters. The van der Waals surface area contributed by atoms with E-state index in [1.807, 2.05) is 66.2 Å². The van der Waals surface area contributed by atoms with E-state index in [4.69, 9.17) is 16.3 Å². The number of halogens is 1. The molecule has 0 fully saturated rings. The molecule has 0 N–H and O–H groups in total. The lowest BCUT2D eigenvalue weighted by Crippen LogP contribution is -2.02. The van der Waals surface area contributed by atoms with Gasteiger partial charge in [0.15, 0.2) is 11.0 Å². The maximum Gasteiger partial charge on any atom is 0.191 e. The number of ether oxygens (including phenoxy) is 1. The summed E-state index contributed by atoms with van der Waals surface area (Å²) >= 11 is 7.47. The van der Waals surface area contributed by atoms with E-state index in [0.717, 1.165) is 28.0 Å². The largest absolute Gasteiger partial charge is 0.493 e. The van der Waals surface area contributed by atoms with Crippen molar-refractivity contribution in [2.75, 3.05) is 12.4 Å². The minimum absolute atomic E-state index is 0.597. The zero-order valence-electron chi connectivity index (χ0n) is 12.6. The van der Waals surface area contributed by atoms with Crippen molar-refractivity contribution in [1.29, 1.82) is 0 Å². The van der Waals surface area contributed by atoms with Crippen molar-refractivity contribution in [3.8, 4) is 17.1 Å². The van der Waals surface area contributed by atoms with Crippen molar-refractivity contribution in [3.05, 3.63) is 59.6 Å². The van der Waals surface area contributed by atoms with Gasteiger partial charge in [0.1, 0.15) is 5.75 Å². The Morgan fingerprint density at radius 3 is 2.52 bits per heavy atom. The Morgan fingerprint density at radius 2 is 1.78 bits per heavy atom. The van der Waals surface area contributed by atoms with Gasteiger partial charge in [0.05, 0.1) is 6.61 Å². The van der Waals surface area contributed by atoms with E-state index in [2.05, 4.69) is 10.2 Å². The van der Waals surface area contributed by atoms with E-state index in [0.29, 0.717) is 11.6 Å². The third-order valence-corrected chi connectivity index (χ3v) is 4.50. The van der Waals surface area contributed by atoms with Gasteiger partial charge in [0, 0.05) is 23.4 Å². The van der Waals surface area contributed by atoms with Gasteiger partial charge in [-0.25, -0.2) is 0 Å². The average molecular weight is 346 g/mol. The third kappa shape index (κ3) is 4.06. The number of hydrogen-bond donors (Lipinski definition) is 0. The summed E-state index contributed by atoms with van der Waals surface area (Å²) in [4.78, 5) is 0. The molecule has 118 valence electrons. The maximum atomic E-state index is 5.85. The summed E-state index contributed by atoms with van der Waals surface area (Å²) in [6.45, 7) is 0.597. The number of thioether (sulfide) groups is 1. The Hall–Kier alpha value is -1.98. The Kier molecular flexibility index (Phi) is 5.20. The van der Waals surface area contributed by atoms with Crippen molar-refractivity contribution >= 4 is 23.4 Å². The molecule has 1 heterocycles. The Morgan fingerprint density at radius 1 is 1.04 bits per heavy atom. The van der Waals surface area contributed by atoms with E-state index in [1.54, 1.807) is 11.8 Å². The van der Waals surface area contributed by atoms with Crippen LogP contribution in [0.3, 0.4) is 0 Å². The molecule has 4 nitrogen and oxygen atoms in total. The number of nitrogens with zero attached hydrogens (tertiary/aromatic N) is 3. The first-order valence-corrected chi connectivity index (χ1v) is 8.56. The molecule has 0 atom stereocenters. The summed E-state index contributed by atoms with van der Waals surface area (Å²) in [5.41, 5.74) is 1.06. The molecule has 0 aliphatic heterocycles. The molecule has 0 saturated carbocycles. The summed E-state index contributed by atoms with van der Waals surface area (Å²) in [5, 5.41) is 10.1. The van der Waals surface area contributed by atoms with Gasteiger partial charge in [0.2, 0.25) is 0 Å². The monoisotopic (exact) mass is 345 g/mol. The van der Waals surface area contributed by atoms with Gasteiger partial charge >= 0.3 is 0 Å². The molecule has 0 saturated heterocycles. The molecule has 0 aliphatic rings. The highest BCUT2D eigenvalue weighted by atomic mass is 35.5. The maximum absolute atomic E-state index is 5.85. The van der Waals surface area contributed by atoms with Gasteiger partial charge in [-0.05, 0) is 24.3 Å². The SMILES string of the molecule is Cn1c(SCCOc2ccc(Cl)cc2)nnc1-c1ccccc1. The minimum atomic E-state index is 0.597. The fraction of sp³-hybridized carbons (Fsp3) is 0.176. The second kappa shape index (κ2) is 7.53. The molecule has 23 heavy (non-hydrogen) atoms. The highest BCUT2D eigenvalue weighted by molar-refractivity contribution is 7.99. The van der Waals surface area contributed by atoms with Gasteiger partial charge in [0.25, 0.3) is 0 Å². The molecule has 2 aromatic carbocycles. The summed E-state index contributed by atoms with van der Waals surface area (Å²) in [6, 6.07) is 17.4. The zero-order chi connectivity index (χ0) is 16.1. The highest BCUT2D eigenvalue weighted by Crippen LogP contribution is 2.22. The minimum Gasteiger partial charge on any atom is -0.493 e. The molecule has 6 heteroatoms. The molecule has 0 amide bonds. The number of rotatable bonds is 6. The first-order chi connectivity index (χ1) is 11.2. The summed E-state index contributed by atoms with van der Waals surface area (Å²) in [6.07, 6.45) is 0. The molecular weight excluding hydrogens is 330 g/mol. The van der Waals surface area contributed by atoms with Crippen molar-refractivity contribution < 1.29 is 4.74 Å². The predicted molar refractivity (Wildman–Crippen MR) is 94.1 cm³/mol. The zero-order valence-corrected chi connectivity index (χ0v) is 14.2. The summed E-state index contributed by atoms with van der Waals surface area (Å²) in [5.74, 6) is 2.48. The van der Waals surface area contributed by atoms with Gasteiger partial charge in [-0.3, -0.25) is 0 Å². The lowest BCUT2D eigenvalue weighted by Gasteiger charge is -2.06. The van der Waals surface area contributed by atoms with E-state index in [-0.39, 0.29) is 0 Å². The second-order valence-corrected chi connectivity index (χ2v) is 6.38. The van der Waals surface area contributed by atoms with Crippen LogP contribution in [0.5, 0.6) is 5.75 Å². The molecule has 3 rings (SSSR count). The van der Waals surface area contributed by atoms with Crippen LogP contribution < -0.4 is 4.74 Å². The highest BCUT2D eigenvalue weighted by Gasteiger charge is 2.10. The van der Waals surface area contributed by atoms with E-state index < -0.39 is 0 Å². The fourth-order valence-electron chi connectivity index (χ4n) is 2.10. The van der Waals surface area contributed by atoms with Crippen LogP contribution in [0.1, 0.15) is 0 Å². The van der Waals surface area contributed by atoms with Crippen LogP contribution in [-0.4, -0.2) is 27.1 Å². The van der Waals surface area contributed by atoms with E-state index in [1.165, 1.54) is 0 Å². The quantitative estimate of drug-likeness (QED) is 0.493. The smallest absolute Gasteiger partial charge is 0.191 e. The second-order valence-electron chi connectivity index (χ2n) is 4.88. The lowest BCUT2D eigenvalue weighted by molar-refractivity contribution is 0.344. The first kappa shape index (κ1) is 15.9. The van der Waals surface area contributed by atoms with Gasteiger partial charge in [-0.2, -0.15) is 0 Å². The molecular formula is C17H16ClN3OS. The van der Waals surface area contributed by atoms with Crippen molar-refractivity contribution in [3.63, 3.8) is 0 Å².